The van der Waals surface area contributed by atoms with E-state index < -0.39 is 16.6 Å². The molecule has 0 saturated carbocycles. The molecule has 0 heterocycles. The van der Waals surface area contributed by atoms with E-state index in [-0.39, 0.29) is 16.8 Å². The third-order valence-electron chi connectivity index (χ3n) is 2.71. The van der Waals surface area contributed by atoms with E-state index >= 15 is 0 Å². The van der Waals surface area contributed by atoms with Gasteiger partial charge in [0.25, 0.3) is 0 Å². The number of nitrogens with two attached hydrogens (primary N) is 1. The maximum Gasteiger partial charge on any atom is 0.141 e. The van der Waals surface area contributed by atoms with Crippen LogP contribution in [0.5, 0.6) is 0 Å². The van der Waals surface area contributed by atoms with E-state index in [1.807, 2.05) is 30.3 Å². The van der Waals surface area contributed by atoms with Crippen LogP contribution in [0.4, 0.5) is 4.39 Å². The fraction of sp³-hybridized carbons (Fsp3) is 0.143. The standard InChI is InChI=1S/C14H13ClFNOS/c15-12-8-11(6-7-13(12)16)19(18)9-14(17)10-4-2-1-3-5-10/h1-8,14H,9,17H2. The molecule has 2 atom stereocenters. The molecular weight excluding hydrogens is 285 g/mol. The summed E-state index contributed by atoms with van der Waals surface area (Å²) in [4.78, 5) is 0.484. The Bertz CT molecular complexity index is 591. The van der Waals surface area contributed by atoms with E-state index in [4.69, 9.17) is 17.3 Å². The van der Waals surface area contributed by atoms with Crippen molar-refractivity contribution in [3.8, 4) is 0 Å². The van der Waals surface area contributed by atoms with Crippen LogP contribution in [0.25, 0.3) is 0 Å². The zero-order valence-electron chi connectivity index (χ0n) is 10.1. The first kappa shape index (κ1) is 14.2. The topological polar surface area (TPSA) is 43.1 Å². The van der Waals surface area contributed by atoms with Crippen molar-refractivity contribution in [3.63, 3.8) is 0 Å². The minimum Gasteiger partial charge on any atom is -0.323 e. The van der Waals surface area contributed by atoms with Gasteiger partial charge in [-0.1, -0.05) is 41.9 Å². The van der Waals surface area contributed by atoms with Gasteiger partial charge in [0.15, 0.2) is 0 Å². The minimum atomic E-state index is -1.31. The van der Waals surface area contributed by atoms with Crippen molar-refractivity contribution in [2.24, 2.45) is 5.73 Å². The van der Waals surface area contributed by atoms with Crippen LogP contribution in [-0.4, -0.2) is 9.96 Å². The molecule has 0 saturated heterocycles. The number of rotatable bonds is 4. The predicted molar refractivity (Wildman–Crippen MR) is 76.1 cm³/mol. The molecule has 2 N–H and O–H groups in total. The van der Waals surface area contributed by atoms with Crippen molar-refractivity contribution in [1.29, 1.82) is 0 Å². The van der Waals surface area contributed by atoms with Crippen molar-refractivity contribution < 1.29 is 8.60 Å². The van der Waals surface area contributed by atoms with Gasteiger partial charge in [0, 0.05) is 16.7 Å². The molecule has 2 nitrogen and oxygen atoms in total. The van der Waals surface area contributed by atoms with Crippen LogP contribution < -0.4 is 5.73 Å². The van der Waals surface area contributed by atoms with E-state index in [2.05, 4.69) is 0 Å². The average molecular weight is 298 g/mol. The van der Waals surface area contributed by atoms with Gasteiger partial charge < -0.3 is 5.73 Å². The molecule has 0 aromatic heterocycles. The summed E-state index contributed by atoms with van der Waals surface area (Å²) in [5.41, 5.74) is 6.92. The molecule has 0 bridgehead atoms. The molecule has 100 valence electrons. The summed E-state index contributed by atoms with van der Waals surface area (Å²) in [5.74, 6) is -0.249. The van der Waals surface area contributed by atoms with Crippen LogP contribution >= 0.6 is 11.6 Å². The molecule has 0 aliphatic carbocycles. The highest BCUT2D eigenvalue weighted by Crippen LogP contribution is 2.20. The van der Waals surface area contributed by atoms with Crippen LogP contribution in [0.3, 0.4) is 0 Å². The molecule has 0 fully saturated rings. The largest absolute Gasteiger partial charge is 0.323 e. The molecule has 2 rings (SSSR count). The third-order valence-corrected chi connectivity index (χ3v) is 4.44. The minimum absolute atomic E-state index is 0.0286. The lowest BCUT2D eigenvalue weighted by Gasteiger charge is -2.11. The summed E-state index contributed by atoms with van der Waals surface area (Å²) in [6, 6.07) is 13.2. The van der Waals surface area contributed by atoms with Gasteiger partial charge >= 0.3 is 0 Å². The maximum atomic E-state index is 13.0. The Kier molecular flexibility index (Phi) is 4.69. The first-order valence-corrected chi connectivity index (χ1v) is 7.41. The molecule has 19 heavy (non-hydrogen) atoms. The van der Waals surface area contributed by atoms with Gasteiger partial charge in [0.1, 0.15) is 5.82 Å². The Hall–Kier alpha value is -1.23. The first-order chi connectivity index (χ1) is 9.08. The summed E-state index contributed by atoms with van der Waals surface area (Å²) >= 11 is 5.67. The lowest BCUT2D eigenvalue weighted by atomic mass is 10.1. The lowest BCUT2D eigenvalue weighted by Crippen LogP contribution is -2.18. The molecule has 0 aliphatic heterocycles. The van der Waals surface area contributed by atoms with E-state index in [1.54, 1.807) is 0 Å². The van der Waals surface area contributed by atoms with Gasteiger partial charge in [-0.25, -0.2) is 4.39 Å². The highest BCUT2D eigenvalue weighted by Gasteiger charge is 2.13. The highest BCUT2D eigenvalue weighted by molar-refractivity contribution is 7.85. The molecule has 0 spiro atoms. The second kappa shape index (κ2) is 6.28. The molecule has 5 heteroatoms. The second-order valence-electron chi connectivity index (χ2n) is 4.11. The molecule has 0 radical (unpaired) electrons. The van der Waals surface area contributed by atoms with Crippen LogP contribution in [-0.2, 0) is 10.8 Å². The summed E-state index contributed by atoms with van der Waals surface area (Å²) in [5, 5.41) is -0.0286. The fourth-order valence-electron chi connectivity index (χ4n) is 1.67. The van der Waals surface area contributed by atoms with Crippen molar-refractivity contribution in [2.75, 3.05) is 5.75 Å². The van der Waals surface area contributed by atoms with Crippen LogP contribution in [0.1, 0.15) is 11.6 Å². The normalized spacial score (nSPS) is 14.1. The SMILES string of the molecule is NC(CS(=O)c1ccc(F)c(Cl)c1)c1ccccc1. The third kappa shape index (κ3) is 3.62. The summed E-state index contributed by atoms with van der Waals surface area (Å²) in [6.07, 6.45) is 0. The average Bonchev–Trinajstić information content (AvgIpc) is 2.42. The second-order valence-corrected chi connectivity index (χ2v) is 6.01. The zero-order chi connectivity index (χ0) is 13.8. The van der Waals surface area contributed by atoms with E-state index in [9.17, 15) is 8.60 Å². The van der Waals surface area contributed by atoms with Gasteiger partial charge in [-0.05, 0) is 23.8 Å². The lowest BCUT2D eigenvalue weighted by molar-refractivity contribution is 0.626. The maximum absolute atomic E-state index is 13.0. The quantitative estimate of drug-likeness (QED) is 0.941. The Morgan fingerprint density at radius 2 is 1.89 bits per heavy atom. The van der Waals surface area contributed by atoms with Crippen LogP contribution in [0, 0.1) is 5.82 Å². The van der Waals surface area contributed by atoms with Crippen molar-refractivity contribution in [2.45, 2.75) is 10.9 Å². The zero-order valence-corrected chi connectivity index (χ0v) is 11.6. The predicted octanol–water partition coefficient (Wildman–Crippen LogP) is 3.29. The molecule has 0 amide bonds. The Morgan fingerprint density at radius 3 is 2.53 bits per heavy atom. The van der Waals surface area contributed by atoms with Gasteiger partial charge in [-0.3, -0.25) is 4.21 Å². The number of hydrogen-bond donors (Lipinski definition) is 1. The van der Waals surface area contributed by atoms with Crippen LogP contribution in [0.15, 0.2) is 53.4 Å². The molecule has 0 aliphatic rings. The van der Waals surface area contributed by atoms with Crippen molar-refractivity contribution in [3.05, 3.63) is 64.9 Å². The van der Waals surface area contributed by atoms with Gasteiger partial charge in [0.2, 0.25) is 0 Å². The summed E-state index contributed by atoms with van der Waals surface area (Å²) < 4.78 is 25.2. The Balaban J connectivity index is 2.11. The number of benzene rings is 2. The molecule has 2 aromatic rings. The molecular formula is C14H13ClFNOS. The smallest absolute Gasteiger partial charge is 0.141 e. The van der Waals surface area contributed by atoms with E-state index in [0.29, 0.717) is 4.90 Å². The van der Waals surface area contributed by atoms with E-state index in [1.165, 1.54) is 18.2 Å². The van der Waals surface area contributed by atoms with Crippen molar-refractivity contribution in [1.82, 2.24) is 0 Å². The Morgan fingerprint density at radius 1 is 1.21 bits per heavy atom. The first-order valence-electron chi connectivity index (χ1n) is 5.72. The summed E-state index contributed by atoms with van der Waals surface area (Å²) in [7, 11) is -1.31. The van der Waals surface area contributed by atoms with Gasteiger partial charge in [-0.15, -0.1) is 0 Å². The van der Waals surface area contributed by atoms with Gasteiger partial charge in [-0.2, -0.15) is 0 Å². The number of hydrogen-bond acceptors (Lipinski definition) is 2. The van der Waals surface area contributed by atoms with Crippen molar-refractivity contribution >= 4 is 22.4 Å². The highest BCUT2D eigenvalue weighted by atomic mass is 35.5. The van der Waals surface area contributed by atoms with Crippen LogP contribution in [0.2, 0.25) is 5.02 Å². The Labute approximate surface area is 118 Å². The monoisotopic (exact) mass is 297 g/mol. The van der Waals surface area contributed by atoms with Gasteiger partial charge in [0.05, 0.1) is 15.8 Å². The van der Waals surface area contributed by atoms with E-state index in [0.717, 1.165) is 5.56 Å². The summed E-state index contributed by atoms with van der Waals surface area (Å²) in [6.45, 7) is 0. The number of halogens is 2. The fourth-order valence-corrected chi connectivity index (χ4v) is 3.10. The molecule has 2 unspecified atom stereocenters. The molecule has 2 aromatic carbocycles.